The van der Waals surface area contributed by atoms with Gasteiger partial charge in [0, 0.05) is 6.20 Å². The molecule has 124 valence electrons. The molecule has 23 heavy (non-hydrogen) atoms. The van der Waals surface area contributed by atoms with Gasteiger partial charge in [-0.1, -0.05) is 6.08 Å². The number of rotatable bonds is 5. The van der Waals surface area contributed by atoms with E-state index in [1.165, 1.54) is 10.6 Å². The highest BCUT2D eigenvalue weighted by Crippen LogP contribution is 2.31. The number of ether oxygens (including phenoxy) is 2. The van der Waals surface area contributed by atoms with E-state index >= 15 is 0 Å². The number of nitrogens with zero attached hydrogens (tertiary/aromatic N) is 2. The summed E-state index contributed by atoms with van der Waals surface area (Å²) in [5.41, 5.74) is -0.348. The van der Waals surface area contributed by atoms with Gasteiger partial charge in [0.1, 0.15) is 24.1 Å². The van der Waals surface area contributed by atoms with Crippen LogP contribution in [0.2, 0.25) is 0 Å². The van der Waals surface area contributed by atoms with Crippen molar-refractivity contribution in [2.24, 2.45) is 0 Å². The lowest BCUT2D eigenvalue weighted by atomic mass is 10.1. The van der Waals surface area contributed by atoms with Crippen molar-refractivity contribution in [2.75, 3.05) is 13.2 Å². The highest BCUT2D eigenvalue weighted by atomic mass is 16.6. The molecule has 0 unspecified atom stereocenters. The van der Waals surface area contributed by atoms with Crippen molar-refractivity contribution in [3.05, 3.63) is 41.2 Å². The molecule has 3 heterocycles. The Bertz CT molecular complexity index is 767. The summed E-state index contributed by atoms with van der Waals surface area (Å²) in [7, 11) is 0. The maximum absolute atomic E-state index is 12.2. The highest BCUT2D eigenvalue weighted by molar-refractivity contribution is 5.72. The van der Waals surface area contributed by atoms with Crippen molar-refractivity contribution in [2.45, 2.75) is 31.5 Å². The van der Waals surface area contributed by atoms with Gasteiger partial charge >= 0.3 is 5.69 Å². The zero-order chi connectivity index (χ0) is 16.6. The Balaban J connectivity index is 2.01. The summed E-state index contributed by atoms with van der Waals surface area (Å²) in [4.78, 5) is 16.1. The van der Waals surface area contributed by atoms with E-state index < -0.39 is 30.2 Å². The third-order valence-corrected chi connectivity index (χ3v) is 3.73. The molecule has 0 radical (unpaired) electrons. The van der Waals surface area contributed by atoms with Crippen LogP contribution in [0.3, 0.4) is 0 Å². The standard InChI is InChI=1S/C15H18N2O6/c1-3-4-21-12-11(19)10(7-18)23-14(12)17-6-9-5-8(2)22-13(9)16-15(17)20/h3,5-6,10-12,14,18-19H,1,4,7H2,2H3/t10-,11-,12-,14-/m1/s1. The summed E-state index contributed by atoms with van der Waals surface area (Å²) < 4.78 is 17.7. The average molecular weight is 322 g/mol. The summed E-state index contributed by atoms with van der Waals surface area (Å²) in [6.45, 7) is 5.10. The molecule has 0 saturated carbocycles. The lowest BCUT2D eigenvalue weighted by Gasteiger charge is -2.21. The zero-order valence-electron chi connectivity index (χ0n) is 12.6. The van der Waals surface area contributed by atoms with Gasteiger partial charge in [-0.2, -0.15) is 4.98 Å². The van der Waals surface area contributed by atoms with Crippen molar-refractivity contribution in [3.8, 4) is 0 Å². The van der Waals surface area contributed by atoms with Crippen LogP contribution in [-0.2, 0) is 9.47 Å². The molecule has 1 aliphatic rings. The van der Waals surface area contributed by atoms with Crippen LogP contribution in [0.5, 0.6) is 0 Å². The number of aromatic nitrogens is 2. The second-order valence-electron chi connectivity index (χ2n) is 5.37. The van der Waals surface area contributed by atoms with Crippen LogP contribution in [0.4, 0.5) is 0 Å². The SMILES string of the molecule is C=CCO[C@@H]1[C@H](O)[C@@H](CO)O[C@H]1n1cc2cc(C)oc2nc1=O. The third-order valence-electron chi connectivity index (χ3n) is 3.73. The van der Waals surface area contributed by atoms with E-state index in [4.69, 9.17) is 13.9 Å². The predicted molar refractivity (Wildman–Crippen MR) is 79.9 cm³/mol. The Hall–Kier alpha value is -2.00. The van der Waals surface area contributed by atoms with Crippen molar-refractivity contribution in [1.82, 2.24) is 9.55 Å². The van der Waals surface area contributed by atoms with Gasteiger partial charge in [-0.3, -0.25) is 4.57 Å². The summed E-state index contributed by atoms with van der Waals surface area (Å²) in [6, 6.07) is 1.74. The number of fused-ring (bicyclic) bond motifs is 1. The Morgan fingerprint density at radius 1 is 1.57 bits per heavy atom. The van der Waals surface area contributed by atoms with E-state index in [1.807, 2.05) is 0 Å². The topological polar surface area (TPSA) is 107 Å². The van der Waals surface area contributed by atoms with Gasteiger partial charge in [-0.25, -0.2) is 4.79 Å². The summed E-state index contributed by atoms with van der Waals surface area (Å²) in [5.74, 6) is 0.629. The fourth-order valence-electron chi connectivity index (χ4n) is 2.69. The minimum Gasteiger partial charge on any atom is -0.443 e. The molecule has 0 spiro atoms. The Labute approximate surface area is 131 Å². The highest BCUT2D eigenvalue weighted by Gasteiger charge is 2.45. The van der Waals surface area contributed by atoms with Crippen molar-refractivity contribution in [3.63, 3.8) is 0 Å². The van der Waals surface area contributed by atoms with Gasteiger partial charge < -0.3 is 24.1 Å². The molecule has 4 atom stereocenters. The van der Waals surface area contributed by atoms with Crippen LogP contribution < -0.4 is 5.69 Å². The first-order chi connectivity index (χ1) is 11.0. The Kier molecular flexibility index (Phi) is 4.31. The molecule has 1 fully saturated rings. The largest absolute Gasteiger partial charge is 0.443 e. The molecule has 8 heteroatoms. The number of aliphatic hydroxyl groups excluding tert-OH is 2. The fourth-order valence-corrected chi connectivity index (χ4v) is 2.69. The molecule has 2 aromatic heterocycles. The van der Waals surface area contributed by atoms with Gasteiger partial charge in [0.25, 0.3) is 0 Å². The molecule has 0 amide bonds. The monoisotopic (exact) mass is 322 g/mol. The van der Waals surface area contributed by atoms with Crippen LogP contribution in [-0.4, -0.2) is 51.3 Å². The average Bonchev–Trinajstić information content (AvgIpc) is 3.03. The molecule has 0 aromatic carbocycles. The maximum Gasteiger partial charge on any atom is 0.353 e. The van der Waals surface area contributed by atoms with E-state index in [0.29, 0.717) is 11.1 Å². The van der Waals surface area contributed by atoms with Crippen LogP contribution in [0, 0.1) is 6.92 Å². The summed E-state index contributed by atoms with van der Waals surface area (Å²) >= 11 is 0. The molecule has 2 N–H and O–H groups in total. The van der Waals surface area contributed by atoms with Crippen LogP contribution in [0.1, 0.15) is 12.0 Å². The smallest absolute Gasteiger partial charge is 0.353 e. The molecule has 1 saturated heterocycles. The summed E-state index contributed by atoms with van der Waals surface area (Å²) in [5, 5.41) is 20.2. The minimum atomic E-state index is -1.07. The zero-order valence-corrected chi connectivity index (χ0v) is 12.6. The number of hydrogen-bond acceptors (Lipinski definition) is 7. The molecule has 2 aromatic rings. The van der Waals surface area contributed by atoms with Crippen LogP contribution in [0.25, 0.3) is 11.1 Å². The van der Waals surface area contributed by atoms with E-state index in [0.717, 1.165) is 0 Å². The van der Waals surface area contributed by atoms with E-state index in [1.54, 1.807) is 19.2 Å². The van der Waals surface area contributed by atoms with Gasteiger partial charge in [-0.15, -0.1) is 6.58 Å². The second-order valence-corrected chi connectivity index (χ2v) is 5.37. The molecule has 8 nitrogen and oxygen atoms in total. The first-order valence-electron chi connectivity index (χ1n) is 7.21. The Morgan fingerprint density at radius 2 is 2.35 bits per heavy atom. The van der Waals surface area contributed by atoms with Crippen molar-refractivity contribution < 1.29 is 24.1 Å². The van der Waals surface area contributed by atoms with Crippen LogP contribution in [0.15, 0.2) is 34.1 Å². The lowest BCUT2D eigenvalue weighted by Crippen LogP contribution is -2.38. The number of furan rings is 1. The van der Waals surface area contributed by atoms with E-state index in [2.05, 4.69) is 11.6 Å². The quantitative estimate of drug-likeness (QED) is 0.753. The molecule has 0 aliphatic carbocycles. The van der Waals surface area contributed by atoms with E-state index in [9.17, 15) is 15.0 Å². The maximum atomic E-state index is 12.2. The minimum absolute atomic E-state index is 0.176. The Morgan fingerprint density at radius 3 is 3.04 bits per heavy atom. The molecular weight excluding hydrogens is 304 g/mol. The van der Waals surface area contributed by atoms with Gasteiger partial charge in [-0.05, 0) is 13.0 Å². The molecular formula is C15H18N2O6. The predicted octanol–water partition coefficient (Wildman–Crippen LogP) is 0.120. The second kappa shape index (κ2) is 6.25. The fraction of sp³-hybridized carbons (Fsp3) is 0.467. The molecule has 3 rings (SSSR count). The first kappa shape index (κ1) is 15.9. The van der Waals surface area contributed by atoms with Crippen LogP contribution >= 0.6 is 0 Å². The normalized spacial score (nSPS) is 27.6. The first-order valence-corrected chi connectivity index (χ1v) is 7.21. The molecule has 1 aliphatic heterocycles. The summed E-state index contributed by atoms with van der Waals surface area (Å²) in [6.07, 6.45) is -0.568. The van der Waals surface area contributed by atoms with Gasteiger partial charge in [0.15, 0.2) is 6.23 Å². The number of hydrogen-bond donors (Lipinski definition) is 2. The van der Waals surface area contributed by atoms with Crippen molar-refractivity contribution >= 4 is 11.1 Å². The number of aryl methyl sites for hydroxylation is 1. The van der Waals surface area contributed by atoms with Gasteiger partial charge in [0.05, 0.1) is 18.6 Å². The number of aliphatic hydroxyl groups is 2. The third kappa shape index (κ3) is 2.81. The molecule has 0 bridgehead atoms. The lowest BCUT2D eigenvalue weighted by molar-refractivity contribution is -0.0683. The van der Waals surface area contributed by atoms with Crippen molar-refractivity contribution in [1.29, 1.82) is 0 Å². The van der Waals surface area contributed by atoms with E-state index in [-0.39, 0.29) is 18.9 Å². The van der Waals surface area contributed by atoms with Gasteiger partial charge in [0.2, 0.25) is 5.71 Å².